The third-order valence-electron chi connectivity index (χ3n) is 4.59. The summed E-state index contributed by atoms with van der Waals surface area (Å²) < 4.78 is 12.4. The van der Waals surface area contributed by atoms with Crippen LogP contribution in [0.5, 0.6) is 0 Å². The minimum atomic E-state index is -0.727. The van der Waals surface area contributed by atoms with Crippen LogP contribution in [0.15, 0.2) is 20.9 Å². The zero-order chi connectivity index (χ0) is 19.6. The Morgan fingerprint density at radius 3 is 2.89 bits per heavy atom. The number of nitrogens with zero attached hydrogens (tertiary/aromatic N) is 4. The van der Waals surface area contributed by atoms with E-state index in [2.05, 4.69) is 21.9 Å². The molecule has 1 aliphatic heterocycles. The first-order valence-electron chi connectivity index (χ1n) is 9.33. The summed E-state index contributed by atoms with van der Waals surface area (Å²) in [6.45, 7) is 2.47. The number of nitrogens with one attached hydrogen (secondary N) is 1. The van der Waals surface area contributed by atoms with Gasteiger partial charge in [-0.1, -0.05) is 37.7 Å². The van der Waals surface area contributed by atoms with Crippen molar-refractivity contribution in [2.75, 3.05) is 13.2 Å². The van der Waals surface area contributed by atoms with Gasteiger partial charge in [-0.05, 0) is 12.0 Å². The van der Waals surface area contributed by atoms with Gasteiger partial charge in [-0.3, -0.25) is 14.3 Å². The van der Waals surface area contributed by atoms with E-state index in [1.54, 1.807) is 0 Å². The number of azide groups is 1. The van der Waals surface area contributed by atoms with Gasteiger partial charge in [0, 0.05) is 24.1 Å². The molecule has 0 unspecified atom stereocenters. The first-order valence-corrected chi connectivity index (χ1v) is 9.33. The number of aromatic nitrogens is 2. The highest BCUT2D eigenvalue weighted by atomic mass is 16.5. The number of rotatable bonds is 11. The molecular formula is C17H27N5O5. The fourth-order valence-corrected chi connectivity index (χ4v) is 3.07. The SMILES string of the molecule is CCCCCCCOCc1cn([C@H]2C[C@H](N=[N+]=[N-])[C@@H](CO)O2)c(=O)[nH]c1=O. The molecule has 10 nitrogen and oxygen atoms in total. The molecular weight excluding hydrogens is 354 g/mol. The zero-order valence-electron chi connectivity index (χ0n) is 15.5. The summed E-state index contributed by atoms with van der Waals surface area (Å²) in [6.07, 6.45) is 5.80. The van der Waals surface area contributed by atoms with E-state index in [-0.39, 0.29) is 19.6 Å². The van der Waals surface area contributed by atoms with Gasteiger partial charge in [-0.15, -0.1) is 0 Å². The molecule has 2 N–H and O–H groups in total. The minimum absolute atomic E-state index is 0.0965. The van der Waals surface area contributed by atoms with Gasteiger partial charge >= 0.3 is 5.69 Å². The van der Waals surface area contributed by atoms with E-state index in [1.807, 2.05) is 0 Å². The maximum atomic E-state index is 12.1. The van der Waals surface area contributed by atoms with Crippen molar-refractivity contribution in [2.45, 2.75) is 70.4 Å². The average molecular weight is 381 g/mol. The second-order valence-electron chi connectivity index (χ2n) is 6.61. The lowest BCUT2D eigenvalue weighted by Crippen LogP contribution is -2.34. The van der Waals surface area contributed by atoms with Crippen molar-refractivity contribution in [1.29, 1.82) is 0 Å². The van der Waals surface area contributed by atoms with Crippen molar-refractivity contribution in [3.05, 3.63) is 43.0 Å². The summed E-state index contributed by atoms with van der Waals surface area (Å²) in [7, 11) is 0. The number of hydrogen-bond donors (Lipinski definition) is 2. The second-order valence-corrected chi connectivity index (χ2v) is 6.61. The topological polar surface area (TPSA) is 142 Å². The van der Waals surface area contributed by atoms with Crippen LogP contribution in [0.25, 0.3) is 10.4 Å². The quantitative estimate of drug-likeness (QED) is 0.261. The summed E-state index contributed by atoms with van der Waals surface area (Å²) >= 11 is 0. The van der Waals surface area contributed by atoms with E-state index in [9.17, 15) is 14.7 Å². The van der Waals surface area contributed by atoms with E-state index >= 15 is 0 Å². The number of hydrogen-bond acceptors (Lipinski definition) is 6. The van der Waals surface area contributed by atoms with Gasteiger partial charge in [-0.2, -0.15) is 0 Å². The number of H-pyrrole nitrogens is 1. The number of aliphatic hydroxyl groups is 1. The molecule has 0 amide bonds. The first kappa shape index (κ1) is 21.2. The van der Waals surface area contributed by atoms with Crippen LogP contribution in [-0.2, 0) is 16.1 Å². The first-order chi connectivity index (χ1) is 13.1. The third kappa shape index (κ3) is 5.93. The molecule has 0 aliphatic carbocycles. The summed E-state index contributed by atoms with van der Waals surface area (Å²) in [5, 5.41) is 12.9. The molecule has 1 aromatic heterocycles. The molecule has 1 fully saturated rings. The van der Waals surface area contributed by atoms with Crippen LogP contribution < -0.4 is 11.2 Å². The number of aromatic amines is 1. The van der Waals surface area contributed by atoms with Crippen LogP contribution in [0.2, 0.25) is 0 Å². The van der Waals surface area contributed by atoms with Gasteiger partial charge in [-0.25, -0.2) is 4.79 Å². The Labute approximate surface area is 156 Å². The summed E-state index contributed by atoms with van der Waals surface area (Å²) in [5.74, 6) is 0. The average Bonchev–Trinajstić information content (AvgIpc) is 3.05. The van der Waals surface area contributed by atoms with Crippen molar-refractivity contribution in [2.24, 2.45) is 5.11 Å². The largest absolute Gasteiger partial charge is 0.394 e. The molecule has 0 bridgehead atoms. The normalized spacial score (nSPS) is 21.9. The number of ether oxygens (including phenoxy) is 2. The Morgan fingerprint density at radius 1 is 1.41 bits per heavy atom. The number of aliphatic hydroxyl groups excluding tert-OH is 1. The highest BCUT2D eigenvalue weighted by molar-refractivity contribution is 5.04. The predicted octanol–water partition coefficient (Wildman–Crippen LogP) is 1.98. The van der Waals surface area contributed by atoms with E-state index in [0.717, 1.165) is 12.8 Å². The van der Waals surface area contributed by atoms with Crippen molar-refractivity contribution in [1.82, 2.24) is 9.55 Å². The summed E-state index contributed by atoms with van der Waals surface area (Å²) in [4.78, 5) is 29.1. The lowest BCUT2D eigenvalue weighted by atomic mass is 10.1. The molecule has 10 heteroatoms. The molecule has 2 rings (SSSR count). The molecule has 0 aromatic carbocycles. The molecule has 0 radical (unpaired) electrons. The molecule has 1 aliphatic rings. The number of unbranched alkanes of at least 4 members (excludes halogenated alkanes) is 4. The maximum Gasteiger partial charge on any atom is 0.330 e. The van der Waals surface area contributed by atoms with Crippen LogP contribution >= 0.6 is 0 Å². The minimum Gasteiger partial charge on any atom is -0.394 e. The van der Waals surface area contributed by atoms with Crippen molar-refractivity contribution >= 4 is 0 Å². The molecule has 3 atom stereocenters. The fourth-order valence-electron chi connectivity index (χ4n) is 3.07. The van der Waals surface area contributed by atoms with Gasteiger partial charge in [0.05, 0.1) is 30.9 Å². The monoisotopic (exact) mass is 381 g/mol. The standard InChI is InChI=1S/C17H27N5O5/c1-2-3-4-5-6-7-26-11-12-9-22(17(25)19-16(12)24)15-8-13(20-21-18)14(10-23)27-15/h9,13-15,23H,2-8,10-11H2,1H3,(H,19,24,25)/t13-,14+,15+/m0/s1. The van der Waals surface area contributed by atoms with Crippen molar-refractivity contribution in [3.63, 3.8) is 0 Å². The molecule has 2 heterocycles. The Bertz CT molecular complexity index is 755. The third-order valence-corrected chi connectivity index (χ3v) is 4.59. The molecule has 0 spiro atoms. The molecule has 150 valence electrons. The highest BCUT2D eigenvalue weighted by Gasteiger charge is 2.35. The second kappa shape index (κ2) is 10.9. The molecule has 1 saturated heterocycles. The molecule has 0 saturated carbocycles. The van der Waals surface area contributed by atoms with Crippen molar-refractivity contribution < 1.29 is 14.6 Å². The Morgan fingerprint density at radius 2 is 2.19 bits per heavy atom. The van der Waals surface area contributed by atoms with Crippen LogP contribution in [0.4, 0.5) is 0 Å². The van der Waals surface area contributed by atoms with Crippen LogP contribution in [0, 0.1) is 0 Å². The fraction of sp³-hybridized carbons (Fsp3) is 0.765. The highest BCUT2D eigenvalue weighted by Crippen LogP contribution is 2.29. The Balaban J connectivity index is 2.00. The van der Waals surface area contributed by atoms with Gasteiger partial charge in [0.2, 0.25) is 0 Å². The lowest BCUT2D eigenvalue weighted by Gasteiger charge is -2.15. The van der Waals surface area contributed by atoms with Crippen LogP contribution in [0.3, 0.4) is 0 Å². The van der Waals surface area contributed by atoms with E-state index in [4.69, 9.17) is 15.0 Å². The van der Waals surface area contributed by atoms with Gasteiger partial charge in [0.15, 0.2) is 0 Å². The van der Waals surface area contributed by atoms with E-state index in [1.165, 1.54) is 30.0 Å². The summed E-state index contributed by atoms with van der Waals surface area (Å²) in [5.41, 5.74) is 7.81. The van der Waals surface area contributed by atoms with Crippen LogP contribution in [-0.4, -0.2) is 40.0 Å². The smallest absolute Gasteiger partial charge is 0.330 e. The van der Waals surface area contributed by atoms with Gasteiger partial charge in [0.25, 0.3) is 5.56 Å². The van der Waals surface area contributed by atoms with Crippen molar-refractivity contribution in [3.8, 4) is 0 Å². The molecule has 1 aromatic rings. The predicted molar refractivity (Wildman–Crippen MR) is 98.3 cm³/mol. The van der Waals surface area contributed by atoms with Crippen LogP contribution in [0.1, 0.15) is 57.2 Å². The van der Waals surface area contributed by atoms with E-state index in [0.29, 0.717) is 12.2 Å². The van der Waals surface area contributed by atoms with Gasteiger partial charge in [0.1, 0.15) is 6.23 Å². The Kier molecular flexibility index (Phi) is 8.53. The van der Waals surface area contributed by atoms with Gasteiger partial charge < -0.3 is 14.6 Å². The lowest BCUT2D eigenvalue weighted by molar-refractivity contribution is -0.0274. The molecule has 27 heavy (non-hydrogen) atoms. The van der Waals surface area contributed by atoms with E-state index < -0.39 is 29.6 Å². The summed E-state index contributed by atoms with van der Waals surface area (Å²) in [6, 6.07) is -0.577. The zero-order valence-corrected chi connectivity index (χ0v) is 15.5. The Hall–Kier alpha value is -2.13. The maximum absolute atomic E-state index is 12.1.